The summed E-state index contributed by atoms with van der Waals surface area (Å²) in [5.74, 6) is -1.99. The molecule has 9 heteroatoms. The number of aromatic nitrogens is 3. The van der Waals surface area contributed by atoms with Crippen LogP contribution in [0.3, 0.4) is 0 Å². The molecule has 122 valence electrons. The second-order valence-corrected chi connectivity index (χ2v) is 5.69. The molecule has 0 saturated heterocycles. The zero-order chi connectivity index (χ0) is 17.3. The van der Waals surface area contributed by atoms with Crippen LogP contribution in [0.1, 0.15) is 10.5 Å². The van der Waals surface area contributed by atoms with Gasteiger partial charge in [-0.3, -0.25) is 9.78 Å². The molecule has 1 amide bonds. The molecular formula is C15H11F2N5OS. The van der Waals surface area contributed by atoms with Crippen LogP contribution in [0.2, 0.25) is 0 Å². The summed E-state index contributed by atoms with van der Waals surface area (Å²) < 4.78 is 27.6. The molecule has 0 bridgehead atoms. The molecular weight excluding hydrogens is 336 g/mol. The second kappa shape index (κ2) is 6.36. The van der Waals surface area contributed by atoms with Crippen LogP contribution in [0, 0.1) is 11.6 Å². The van der Waals surface area contributed by atoms with Gasteiger partial charge in [-0.2, -0.15) is 0 Å². The molecule has 2 aromatic heterocycles. The number of carbonyl (C=O) groups is 1. The fourth-order valence-electron chi connectivity index (χ4n) is 2.19. The van der Waals surface area contributed by atoms with E-state index in [0.29, 0.717) is 10.3 Å². The third-order valence-corrected chi connectivity index (χ3v) is 3.94. The number of primary amides is 1. The number of hydrogen-bond donors (Lipinski definition) is 2. The van der Waals surface area contributed by atoms with Crippen LogP contribution >= 0.6 is 11.8 Å². The lowest BCUT2D eigenvalue weighted by atomic mass is 10.1. The average Bonchev–Trinajstić information content (AvgIpc) is 2.55. The molecule has 0 radical (unpaired) electrons. The third kappa shape index (κ3) is 2.98. The van der Waals surface area contributed by atoms with E-state index in [1.807, 2.05) is 0 Å². The van der Waals surface area contributed by atoms with Crippen molar-refractivity contribution in [3.8, 4) is 0 Å². The summed E-state index contributed by atoms with van der Waals surface area (Å²) in [5.41, 5.74) is 5.54. The van der Waals surface area contributed by atoms with Gasteiger partial charge in [-0.05, 0) is 18.4 Å². The summed E-state index contributed by atoms with van der Waals surface area (Å²) in [6, 6.07) is 4.15. The Hall–Kier alpha value is -2.81. The van der Waals surface area contributed by atoms with Crippen molar-refractivity contribution in [1.29, 1.82) is 0 Å². The van der Waals surface area contributed by atoms with Crippen molar-refractivity contribution in [2.24, 2.45) is 5.73 Å². The van der Waals surface area contributed by atoms with Gasteiger partial charge in [0.25, 0.3) is 5.91 Å². The largest absolute Gasteiger partial charge is 0.364 e. The van der Waals surface area contributed by atoms with E-state index < -0.39 is 17.5 Å². The number of pyridine rings is 1. The smallest absolute Gasteiger partial charge is 0.271 e. The molecule has 3 rings (SSSR count). The van der Waals surface area contributed by atoms with Crippen molar-refractivity contribution in [3.63, 3.8) is 0 Å². The van der Waals surface area contributed by atoms with Crippen molar-refractivity contribution in [1.82, 2.24) is 15.2 Å². The van der Waals surface area contributed by atoms with Crippen LogP contribution in [0.15, 0.2) is 35.5 Å². The maximum Gasteiger partial charge on any atom is 0.271 e. The monoisotopic (exact) mass is 347 g/mol. The predicted octanol–water partition coefficient (Wildman–Crippen LogP) is 2.87. The number of benzene rings is 1. The minimum absolute atomic E-state index is 0.0235. The molecule has 0 unspecified atom stereocenters. The van der Waals surface area contributed by atoms with Crippen LogP contribution in [-0.4, -0.2) is 27.3 Å². The van der Waals surface area contributed by atoms with Crippen LogP contribution in [-0.2, 0) is 0 Å². The highest BCUT2D eigenvalue weighted by molar-refractivity contribution is 7.98. The van der Waals surface area contributed by atoms with E-state index in [1.54, 1.807) is 12.3 Å². The molecule has 0 aliphatic carbocycles. The van der Waals surface area contributed by atoms with Gasteiger partial charge in [-0.25, -0.2) is 8.78 Å². The fraction of sp³-hybridized carbons (Fsp3) is 0.0667. The minimum Gasteiger partial charge on any atom is -0.364 e. The van der Waals surface area contributed by atoms with Gasteiger partial charge in [-0.15, -0.1) is 22.0 Å². The number of anilines is 2. The number of nitrogens with zero attached hydrogens (tertiary/aromatic N) is 3. The number of halogens is 2. The number of hydrogen-bond acceptors (Lipinski definition) is 6. The number of nitrogens with two attached hydrogens (primary N) is 1. The van der Waals surface area contributed by atoms with E-state index in [4.69, 9.17) is 5.73 Å². The highest BCUT2D eigenvalue weighted by atomic mass is 32.2. The Balaban J connectivity index is 2.27. The molecule has 6 nitrogen and oxygen atoms in total. The zero-order valence-electron chi connectivity index (χ0n) is 12.4. The third-order valence-electron chi connectivity index (χ3n) is 3.24. The van der Waals surface area contributed by atoms with Crippen molar-refractivity contribution in [3.05, 3.63) is 47.9 Å². The Bertz CT molecular complexity index is 951. The topological polar surface area (TPSA) is 93.8 Å². The summed E-state index contributed by atoms with van der Waals surface area (Å²) in [6.45, 7) is 0. The molecule has 2 heterocycles. The van der Waals surface area contributed by atoms with Gasteiger partial charge in [0.15, 0.2) is 11.5 Å². The summed E-state index contributed by atoms with van der Waals surface area (Å²) in [6.07, 6.45) is 4.18. The molecule has 0 aliphatic rings. The molecule has 1 aromatic carbocycles. The quantitative estimate of drug-likeness (QED) is 0.705. The van der Waals surface area contributed by atoms with Crippen molar-refractivity contribution in [2.75, 3.05) is 11.6 Å². The number of amides is 1. The summed E-state index contributed by atoms with van der Waals surface area (Å²) in [4.78, 5) is 16.0. The molecule has 0 atom stereocenters. The molecule has 3 aromatic rings. The maximum atomic E-state index is 14.2. The standard InChI is InChI=1S/C15H11F2N5OS/c1-24-9-3-10-12(11(17)4-9)21-22-14(15(18)23)13(10)20-8-2-7(16)5-19-6-8/h2-6H,1H3,(H2,18,23)(H,20,21). The van der Waals surface area contributed by atoms with Crippen molar-refractivity contribution >= 4 is 39.9 Å². The van der Waals surface area contributed by atoms with Gasteiger partial charge in [0.1, 0.15) is 11.3 Å². The summed E-state index contributed by atoms with van der Waals surface area (Å²) >= 11 is 1.33. The van der Waals surface area contributed by atoms with E-state index in [-0.39, 0.29) is 22.6 Å². The number of thioether (sulfide) groups is 1. The van der Waals surface area contributed by atoms with Crippen LogP contribution in [0.5, 0.6) is 0 Å². The van der Waals surface area contributed by atoms with Gasteiger partial charge >= 0.3 is 0 Å². The molecule has 0 fully saturated rings. The first-order valence-electron chi connectivity index (χ1n) is 6.71. The average molecular weight is 347 g/mol. The predicted molar refractivity (Wildman–Crippen MR) is 87.3 cm³/mol. The van der Waals surface area contributed by atoms with Gasteiger partial charge in [0.05, 0.1) is 23.8 Å². The first-order valence-corrected chi connectivity index (χ1v) is 7.93. The molecule has 0 spiro atoms. The van der Waals surface area contributed by atoms with Crippen molar-refractivity contribution < 1.29 is 13.6 Å². The lowest BCUT2D eigenvalue weighted by molar-refractivity contribution is 0.0995. The Labute approximate surface area is 139 Å². The van der Waals surface area contributed by atoms with Crippen LogP contribution < -0.4 is 11.1 Å². The SMILES string of the molecule is CSc1cc(F)c2nnc(C(N)=O)c(Nc3cncc(F)c3)c2c1. The lowest BCUT2D eigenvalue weighted by Gasteiger charge is -2.13. The van der Waals surface area contributed by atoms with E-state index in [2.05, 4.69) is 20.5 Å². The fourth-order valence-corrected chi connectivity index (χ4v) is 2.64. The van der Waals surface area contributed by atoms with Crippen LogP contribution in [0.25, 0.3) is 10.9 Å². The molecule has 0 saturated carbocycles. The van der Waals surface area contributed by atoms with Crippen LogP contribution in [0.4, 0.5) is 20.2 Å². The normalized spacial score (nSPS) is 10.8. The highest BCUT2D eigenvalue weighted by Crippen LogP contribution is 2.32. The maximum absolute atomic E-state index is 14.2. The van der Waals surface area contributed by atoms with Crippen molar-refractivity contribution in [2.45, 2.75) is 4.90 Å². The van der Waals surface area contributed by atoms with E-state index >= 15 is 0 Å². The first-order chi connectivity index (χ1) is 11.5. The van der Waals surface area contributed by atoms with Gasteiger partial charge in [0.2, 0.25) is 0 Å². The lowest BCUT2D eigenvalue weighted by Crippen LogP contribution is -2.17. The summed E-state index contributed by atoms with van der Waals surface area (Å²) in [5, 5.41) is 10.6. The first kappa shape index (κ1) is 16.1. The van der Waals surface area contributed by atoms with E-state index in [9.17, 15) is 13.6 Å². The van der Waals surface area contributed by atoms with Gasteiger partial charge < -0.3 is 11.1 Å². The zero-order valence-corrected chi connectivity index (χ0v) is 13.2. The van der Waals surface area contributed by atoms with Gasteiger partial charge in [0, 0.05) is 16.3 Å². The Morgan fingerprint density at radius 1 is 1.21 bits per heavy atom. The van der Waals surface area contributed by atoms with Gasteiger partial charge in [-0.1, -0.05) is 0 Å². The van der Waals surface area contributed by atoms with E-state index in [1.165, 1.54) is 30.1 Å². The number of rotatable bonds is 4. The highest BCUT2D eigenvalue weighted by Gasteiger charge is 2.18. The van der Waals surface area contributed by atoms with E-state index in [0.717, 1.165) is 6.20 Å². The molecule has 24 heavy (non-hydrogen) atoms. The summed E-state index contributed by atoms with van der Waals surface area (Å²) in [7, 11) is 0. The Kier molecular flexibility index (Phi) is 4.26. The number of carbonyl (C=O) groups excluding carboxylic acids is 1. The number of fused-ring (bicyclic) bond motifs is 1. The molecule has 0 aliphatic heterocycles. The Morgan fingerprint density at radius 3 is 2.67 bits per heavy atom. The minimum atomic E-state index is -0.841. The molecule has 3 N–H and O–H groups in total. The Morgan fingerprint density at radius 2 is 2.00 bits per heavy atom. The number of nitrogens with one attached hydrogen (secondary N) is 1. The second-order valence-electron chi connectivity index (χ2n) is 4.81.